The first-order chi connectivity index (χ1) is 22.5. The summed E-state index contributed by atoms with van der Waals surface area (Å²) in [6, 6.07) is 9.63. The zero-order valence-electron chi connectivity index (χ0n) is 26.6. The summed E-state index contributed by atoms with van der Waals surface area (Å²) in [5.74, 6) is -1.60. The number of nitrogens with one attached hydrogen (secondary N) is 3. The number of carbonyl (C=O) groups is 3. The van der Waals surface area contributed by atoms with Gasteiger partial charge in [0.25, 0.3) is 5.91 Å². The highest BCUT2D eigenvalue weighted by molar-refractivity contribution is 6.36. The van der Waals surface area contributed by atoms with Crippen LogP contribution in [0.25, 0.3) is 11.6 Å². The molecule has 6 rings (SSSR count). The summed E-state index contributed by atoms with van der Waals surface area (Å²) in [5, 5.41) is 17.2. The number of amides is 2. The van der Waals surface area contributed by atoms with Crippen molar-refractivity contribution in [3.63, 3.8) is 0 Å². The highest BCUT2D eigenvalue weighted by atomic mass is 35.5. The quantitative estimate of drug-likeness (QED) is 0.175. The number of piperidine rings is 1. The average Bonchev–Trinajstić information content (AvgIpc) is 3.73. The molecular formula is C35H39ClFN5O5. The van der Waals surface area contributed by atoms with Crippen LogP contribution in [0.2, 0.25) is 5.02 Å². The van der Waals surface area contributed by atoms with Crippen molar-refractivity contribution in [3.8, 4) is 0 Å². The van der Waals surface area contributed by atoms with Crippen molar-refractivity contribution in [2.75, 3.05) is 50.0 Å². The standard InChI is InChI=1S/C35H39ClFN5O5/c1-3-47-34(45)31-21(2)28(39-29(31)19-30(43)42-15-11-35(46,12-16-42)20-41-13-4-5-14-41)18-23-32-26(7-6-8-27(32)40-33(23)44)38-22-9-10-25(37)24(36)17-22/h6-10,17-18,38-39,46H,3-5,11-16,19-20H2,1-2H3,(H,40,44)/b23-18-. The number of aliphatic hydroxyl groups is 1. The second kappa shape index (κ2) is 13.5. The molecule has 0 saturated carbocycles. The number of aromatic nitrogens is 1. The molecule has 3 aliphatic rings. The molecule has 0 radical (unpaired) electrons. The topological polar surface area (TPSA) is 127 Å². The van der Waals surface area contributed by atoms with Crippen LogP contribution in [0.3, 0.4) is 0 Å². The summed E-state index contributed by atoms with van der Waals surface area (Å²) in [7, 11) is 0. The fourth-order valence-corrected chi connectivity index (χ4v) is 6.93. The number of hydrogen-bond acceptors (Lipinski definition) is 7. The van der Waals surface area contributed by atoms with Gasteiger partial charge in [-0.25, -0.2) is 9.18 Å². The summed E-state index contributed by atoms with van der Waals surface area (Å²) in [6.45, 7) is 7.12. The molecule has 47 heavy (non-hydrogen) atoms. The van der Waals surface area contributed by atoms with E-state index in [-0.39, 0.29) is 35.4 Å². The van der Waals surface area contributed by atoms with Gasteiger partial charge in [-0.05, 0) is 94.6 Å². The molecule has 1 aromatic heterocycles. The van der Waals surface area contributed by atoms with Gasteiger partial charge >= 0.3 is 5.97 Å². The number of rotatable bonds is 9. The van der Waals surface area contributed by atoms with Gasteiger partial charge < -0.3 is 35.3 Å². The van der Waals surface area contributed by atoms with E-state index in [4.69, 9.17) is 16.3 Å². The zero-order chi connectivity index (χ0) is 33.3. The third-order valence-corrected chi connectivity index (χ3v) is 9.54. The highest BCUT2D eigenvalue weighted by Crippen LogP contribution is 2.40. The lowest BCUT2D eigenvalue weighted by Crippen LogP contribution is -2.52. The predicted octanol–water partition coefficient (Wildman–Crippen LogP) is 5.52. The molecule has 0 spiro atoms. The average molecular weight is 664 g/mol. The summed E-state index contributed by atoms with van der Waals surface area (Å²) < 4.78 is 19.1. The van der Waals surface area contributed by atoms with Gasteiger partial charge in [0.1, 0.15) is 5.82 Å². The Bertz CT molecular complexity index is 1740. The van der Waals surface area contributed by atoms with E-state index in [9.17, 15) is 23.9 Å². The van der Waals surface area contributed by atoms with Crippen molar-refractivity contribution in [3.05, 3.63) is 75.3 Å². The first-order valence-corrected chi connectivity index (χ1v) is 16.4. The molecule has 3 aliphatic heterocycles. The molecule has 2 aromatic carbocycles. The number of ether oxygens (including phenoxy) is 1. The second-order valence-electron chi connectivity index (χ2n) is 12.5. The minimum absolute atomic E-state index is 0.0366. The second-order valence-corrected chi connectivity index (χ2v) is 12.9. The number of likely N-dealkylation sites (tertiary alicyclic amines) is 2. The summed E-state index contributed by atoms with van der Waals surface area (Å²) in [4.78, 5) is 47.2. The normalized spacial score (nSPS) is 18.4. The van der Waals surface area contributed by atoms with E-state index in [1.807, 2.05) is 0 Å². The van der Waals surface area contributed by atoms with Gasteiger partial charge in [0, 0.05) is 48.0 Å². The van der Waals surface area contributed by atoms with Gasteiger partial charge in [-0.3, -0.25) is 9.59 Å². The molecule has 12 heteroatoms. The Morgan fingerprint density at radius 3 is 2.60 bits per heavy atom. The molecule has 2 saturated heterocycles. The van der Waals surface area contributed by atoms with E-state index in [0.29, 0.717) is 77.6 Å². The van der Waals surface area contributed by atoms with Crippen LogP contribution in [0.5, 0.6) is 0 Å². The Balaban J connectivity index is 1.26. The van der Waals surface area contributed by atoms with Crippen molar-refractivity contribution < 1.29 is 28.6 Å². The molecular weight excluding hydrogens is 625 g/mol. The highest BCUT2D eigenvalue weighted by Gasteiger charge is 2.37. The zero-order valence-corrected chi connectivity index (χ0v) is 27.3. The summed E-state index contributed by atoms with van der Waals surface area (Å²) >= 11 is 5.99. The Morgan fingerprint density at radius 2 is 1.89 bits per heavy atom. The Labute approximate surface area is 277 Å². The molecule has 10 nitrogen and oxygen atoms in total. The molecule has 0 aliphatic carbocycles. The number of anilines is 3. The van der Waals surface area contributed by atoms with Crippen molar-refractivity contribution >= 4 is 58.1 Å². The Morgan fingerprint density at radius 1 is 1.15 bits per heavy atom. The maximum atomic E-state index is 13.8. The van der Waals surface area contributed by atoms with Gasteiger partial charge in [0.2, 0.25) is 5.91 Å². The van der Waals surface area contributed by atoms with Crippen LogP contribution in [-0.4, -0.2) is 82.6 Å². The van der Waals surface area contributed by atoms with Crippen LogP contribution in [-0.2, 0) is 20.7 Å². The van der Waals surface area contributed by atoms with Crippen LogP contribution < -0.4 is 10.6 Å². The molecule has 4 N–H and O–H groups in total. The van der Waals surface area contributed by atoms with Crippen LogP contribution >= 0.6 is 11.6 Å². The van der Waals surface area contributed by atoms with E-state index in [2.05, 4.69) is 20.5 Å². The number of aromatic amines is 1. The minimum atomic E-state index is -0.811. The molecule has 4 heterocycles. The third-order valence-electron chi connectivity index (χ3n) is 9.25. The molecule has 0 bridgehead atoms. The largest absolute Gasteiger partial charge is 0.462 e. The smallest absolute Gasteiger partial charge is 0.340 e. The van der Waals surface area contributed by atoms with Gasteiger partial charge in [-0.1, -0.05) is 17.7 Å². The fourth-order valence-electron chi connectivity index (χ4n) is 6.75. The molecule has 3 aromatic rings. The number of carbonyl (C=O) groups excluding carboxylic acids is 3. The number of esters is 1. The van der Waals surface area contributed by atoms with Crippen molar-refractivity contribution in [2.24, 2.45) is 0 Å². The molecule has 2 amide bonds. The van der Waals surface area contributed by atoms with Crippen molar-refractivity contribution in [2.45, 2.75) is 51.6 Å². The third kappa shape index (κ3) is 6.93. The molecule has 0 unspecified atom stereocenters. The monoisotopic (exact) mass is 663 g/mol. The number of nitrogens with zero attached hydrogens (tertiary/aromatic N) is 2. The number of H-pyrrole nitrogens is 1. The van der Waals surface area contributed by atoms with E-state index >= 15 is 0 Å². The lowest BCUT2D eigenvalue weighted by molar-refractivity contribution is -0.135. The number of fused-ring (bicyclic) bond motifs is 1. The van der Waals surface area contributed by atoms with Crippen molar-refractivity contribution in [1.29, 1.82) is 0 Å². The first-order valence-electron chi connectivity index (χ1n) is 16.0. The Kier molecular flexibility index (Phi) is 9.41. The number of hydrogen-bond donors (Lipinski definition) is 4. The van der Waals surface area contributed by atoms with Crippen LogP contribution in [0, 0.1) is 12.7 Å². The lowest BCUT2D eigenvalue weighted by atomic mass is 9.90. The number of benzene rings is 2. The van der Waals surface area contributed by atoms with Crippen molar-refractivity contribution in [1.82, 2.24) is 14.8 Å². The maximum absolute atomic E-state index is 13.8. The minimum Gasteiger partial charge on any atom is -0.462 e. The number of halogens is 2. The lowest BCUT2D eigenvalue weighted by Gasteiger charge is -2.40. The molecule has 248 valence electrons. The van der Waals surface area contributed by atoms with E-state index in [1.54, 1.807) is 49.1 Å². The fraction of sp³-hybridized carbons (Fsp3) is 0.400. The maximum Gasteiger partial charge on any atom is 0.340 e. The SMILES string of the molecule is CCOC(=O)c1c(CC(=O)N2CCC(O)(CN3CCCC3)CC2)[nH]c(/C=C2\C(=O)Nc3cccc(Nc4ccc(F)c(Cl)c4)c32)c1C. The molecule has 2 fully saturated rings. The van der Waals surface area contributed by atoms with Gasteiger partial charge in [0.05, 0.1) is 40.5 Å². The van der Waals surface area contributed by atoms with E-state index < -0.39 is 17.4 Å². The van der Waals surface area contributed by atoms with Gasteiger partial charge in [-0.2, -0.15) is 0 Å². The van der Waals surface area contributed by atoms with E-state index in [0.717, 1.165) is 25.9 Å². The summed E-state index contributed by atoms with van der Waals surface area (Å²) in [6.07, 6.45) is 4.89. The van der Waals surface area contributed by atoms with Gasteiger partial charge in [-0.15, -0.1) is 0 Å². The Hall–Kier alpha value is -4.19. The van der Waals surface area contributed by atoms with Crippen LogP contribution in [0.4, 0.5) is 21.5 Å². The number of β-amino-alcohol motifs (C(OH)–C–C–N with tert-alkyl or cyclic N) is 1. The van der Waals surface area contributed by atoms with Crippen LogP contribution in [0.1, 0.15) is 65.5 Å². The van der Waals surface area contributed by atoms with E-state index in [1.165, 1.54) is 12.1 Å². The summed E-state index contributed by atoms with van der Waals surface area (Å²) in [5.41, 5.74) is 3.54. The van der Waals surface area contributed by atoms with Gasteiger partial charge in [0.15, 0.2) is 0 Å². The van der Waals surface area contributed by atoms with Crippen LogP contribution in [0.15, 0.2) is 36.4 Å². The molecule has 0 atom stereocenters. The first kappa shape index (κ1) is 32.7. The predicted molar refractivity (Wildman–Crippen MR) is 179 cm³/mol.